The maximum atomic E-state index is 12.2. The number of para-hydroxylation sites is 2. The number of rotatable bonds is 7. The van der Waals surface area contributed by atoms with Crippen molar-refractivity contribution in [3.8, 4) is 11.5 Å². The molecule has 4 aromatic rings. The number of carbonyl (C=O) groups is 1. The lowest BCUT2D eigenvalue weighted by atomic mass is 10.2. The number of nitrogens with one attached hydrogen (secondary N) is 1. The van der Waals surface area contributed by atoms with Crippen LogP contribution >= 0.6 is 11.8 Å². The molecule has 1 heterocycles. The van der Waals surface area contributed by atoms with Crippen molar-refractivity contribution in [1.82, 2.24) is 15.0 Å². The first-order valence-electron chi connectivity index (χ1n) is 9.56. The molecule has 0 aliphatic carbocycles. The lowest BCUT2D eigenvalue weighted by Gasteiger charge is -2.09. The second-order valence-electron chi connectivity index (χ2n) is 6.78. The van der Waals surface area contributed by atoms with Crippen molar-refractivity contribution in [3.63, 3.8) is 0 Å². The van der Waals surface area contributed by atoms with Crippen LogP contribution in [0.1, 0.15) is 11.1 Å². The summed E-state index contributed by atoms with van der Waals surface area (Å²) in [6, 6.07) is 22.3. The number of amides is 1. The number of phenols is 2. The third kappa shape index (κ3) is 5.04. The highest BCUT2D eigenvalue weighted by molar-refractivity contribution is 7.99. The second-order valence-corrected chi connectivity index (χ2v) is 7.73. The van der Waals surface area contributed by atoms with Gasteiger partial charge in [0.05, 0.1) is 29.5 Å². The minimum absolute atomic E-state index is 0.149. The number of aromatic nitrogens is 2. The van der Waals surface area contributed by atoms with Crippen LogP contribution in [0.25, 0.3) is 11.0 Å². The first-order chi connectivity index (χ1) is 15.1. The Kier molecular flexibility index (Phi) is 6.18. The SMILES string of the molecule is O=C(CSc1nc2ccccc2n1Cc1ccccc1)NN=Cc1ccc(O)c(O)c1. The van der Waals surface area contributed by atoms with Crippen molar-refractivity contribution >= 4 is 34.9 Å². The second kappa shape index (κ2) is 9.36. The molecule has 4 rings (SSSR count). The standard InChI is InChI=1S/C23H20N4O3S/c28-20-11-10-17(12-21(20)29)13-24-26-22(30)15-31-23-25-18-8-4-5-9-19(18)27(23)14-16-6-2-1-3-7-16/h1-13,28-29H,14-15H2,(H,26,30). The fourth-order valence-electron chi connectivity index (χ4n) is 3.04. The van der Waals surface area contributed by atoms with Crippen LogP contribution in [0.4, 0.5) is 0 Å². The van der Waals surface area contributed by atoms with Crippen LogP contribution in [0.2, 0.25) is 0 Å². The van der Waals surface area contributed by atoms with Crippen LogP contribution in [-0.4, -0.2) is 37.6 Å². The first kappa shape index (κ1) is 20.5. The van der Waals surface area contributed by atoms with Gasteiger partial charge in [0, 0.05) is 0 Å². The molecule has 0 spiro atoms. The molecule has 0 unspecified atom stereocenters. The average molecular weight is 433 g/mol. The van der Waals surface area contributed by atoms with Crippen LogP contribution in [0, 0.1) is 0 Å². The molecule has 0 aliphatic heterocycles. The van der Waals surface area contributed by atoms with E-state index in [1.54, 1.807) is 6.07 Å². The number of fused-ring (bicyclic) bond motifs is 1. The largest absolute Gasteiger partial charge is 0.504 e. The van der Waals surface area contributed by atoms with Gasteiger partial charge in [0.25, 0.3) is 5.91 Å². The topological polar surface area (TPSA) is 99.7 Å². The predicted octanol–water partition coefficient (Wildman–Crippen LogP) is 3.74. The fourth-order valence-corrected chi connectivity index (χ4v) is 3.85. The summed E-state index contributed by atoms with van der Waals surface area (Å²) < 4.78 is 2.10. The third-order valence-corrected chi connectivity index (χ3v) is 5.51. The molecular formula is C23H20N4O3S. The van der Waals surface area contributed by atoms with Crippen LogP contribution in [-0.2, 0) is 11.3 Å². The molecule has 156 valence electrons. The molecule has 0 saturated carbocycles. The normalized spacial score (nSPS) is 11.2. The molecular weight excluding hydrogens is 412 g/mol. The van der Waals surface area contributed by atoms with Gasteiger partial charge in [0.2, 0.25) is 0 Å². The van der Waals surface area contributed by atoms with Gasteiger partial charge in [-0.05, 0) is 41.5 Å². The van der Waals surface area contributed by atoms with Crippen LogP contribution in [0.3, 0.4) is 0 Å². The number of hydrogen-bond donors (Lipinski definition) is 3. The monoisotopic (exact) mass is 432 g/mol. The highest BCUT2D eigenvalue weighted by atomic mass is 32.2. The van der Waals surface area contributed by atoms with Crippen molar-refractivity contribution in [3.05, 3.63) is 83.9 Å². The molecule has 31 heavy (non-hydrogen) atoms. The number of nitrogens with zero attached hydrogens (tertiary/aromatic N) is 3. The highest BCUT2D eigenvalue weighted by Gasteiger charge is 2.13. The Morgan fingerprint density at radius 1 is 1.03 bits per heavy atom. The summed E-state index contributed by atoms with van der Waals surface area (Å²) in [5.41, 5.74) is 6.06. The number of carbonyl (C=O) groups excluding carboxylic acids is 1. The summed E-state index contributed by atoms with van der Waals surface area (Å²) in [7, 11) is 0. The van der Waals surface area contributed by atoms with Crippen molar-refractivity contribution in [2.45, 2.75) is 11.7 Å². The van der Waals surface area contributed by atoms with E-state index in [9.17, 15) is 15.0 Å². The smallest absolute Gasteiger partial charge is 0.250 e. The molecule has 0 radical (unpaired) electrons. The van der Waals surface area contributed by atoms with Gasteiger partial charge in [0.1, 0.15) is 0 Å². The summed E-state index contributed by atoms with van der Waals surface area (Å²) in [5, 5.41) is 23.5. The number of hydrogen-bond acceptors (Lipinski definition) is 6. The third-order valence-electron chi connectivity index (χ3n) is 4.54. The Balaban J connectivity index is 1.43. The molecule has 0 fully saturated rings. The van der Waals surface area contributed by atoms with E-state index < -0.39 is 0 Å². The minimum Gasteiger partial charge on any atom is -0.504 e. The number of hydrazone groups is 1. The first-order valence-corrected chi connectivity index (χ1v) is 10.5. The average Bonchev–Trinajstić information content (AvgIpc) is 3.13. The van der Waals surface area contributed by atoms with Gasteiger partial charge < -0.3 is 14.8 Å². The quantitative estimate of drug-likeness (QED) is 0.179. The van der Waals surface area contributed by atoms with Crippen molar-refractivity contribution < 1.29 is 15.0 Å². The van der Waals surface area contributed by atoms with E-state index in [1.165, 1.54) is 30.1 Å². The minimum atomic E-state index is -0.275. The van der Waals surface area contributed by atoms with Gasteiger partial charge in [-0.15, -0.1) is 0 Å². The predicted molar refractivity (Wildman–Crippen MR) is 122 cm³/mol. The zero-order valence-electron chi connectivity index (χ0n) is 16.5. The van der Waals surface area contributed by atoms with E-state index in [2.05, 4.69) is 32.2 Å². The number of benzene rings is 3. The molecule has 3 N–H and O–H groups in total. The van der Waals surface area contributed by atoms with E-state index >= 15 is 0 Å². The Labute approximate surface area is 183 Å². The van der Waals surface area contributed by atoms with E-state index in [1.807, 2.05) is 42.5 Å². The fraction of sp³-hybridized carbons (Fsp3) is 0.0870. The molecule has 3 aromatic carbocycles. The summed E-state index contributed by atoms with van der Waals surface area (Å²) in [5.74, 6) is -0.585. The Hall–Kier alpha value is -3.78. The maximum absolute atomic E-state index is 12.2. The van der Waals surface area contributed by atoms with E-state index in [0.29, 0.717) is 12.1 Å². The van der Waals surface area contributed by atoms with Gasteiger partial charge in [-0.1, -0.05) is 54.2 Å². The Morgan fingerprint density at radius 2 is 1.81 bits per heavy atom. The van der Waals surface area contributed by atoms with Crippen molar-refractivity contribution in [2.24, 2.45) is 5.10 Å². The number of aromatic hydroxyl groups is 2. The summed E-state index contributed by atoms with van der Waals surface area (Å²) >= 11 is 1.34. The van der Waals surface area contributed by atoms with Crippen LogP contribution in [0.15, 0.2) is 83.1 Å². The summed E-state index contributed by atoms with van der Waals surface area (Å²) in [6.07, 6.45) is 1.40. The Morgan fingerprint density at radius 3 is 2.61 bits per heavy atom. The van der Waals surface area contributed by atoms with E-state index in [-0.39, 0.29) is 23.2 Å². The molecule has 1 aromatic heterocycles. The lowest BCUT2D eigenvalue weighted by Crippen LogP contribution is -2.20. The zero-order valence-corrected chi connectivity index (χ0v) is 17.3. The van der Waals surface area contributed by atoms with Crippen LogP contribution in [0.5, 0.6) is 11.5 Å². The molecule has 0 atom stereocenters. The van der Waals surface area contributed by atoms with E-state index in [0.717, 1.165) is 21.8 Å². The molecule has 7 nitrogen and oxygen atoms in total. The number of thioether (sulfide) groups is 1. The van der Waals surface area contributed by atoms with Gasteiger partial charge in [0.15, 0.2) is 16.7 Å². The Bertz CT molecular complexity index is 1240. The molecule has 1 amide bonds. The zero-order chi connectivity index (χ0) is 21.6. The molecule has 0 saturated heterocycles. The molecule has 0 bridgehead atoms. The van der Waals surface area contributed by atoms with Gasteiger partial charge >= 0.3 is 0 Å². The molecule has 8 heteroatoms. The van der Waals surface area contributed by atoms with Crippen LogP contribution < -0.4 is 5.43 Å². The van der Waals surface area contributed by atoms with Gasteiger partial charge in [-0.3, -0.25) is 4.79 Å². The summed E-state index contributed by atoms with van der Waals surface area (Å²) in [6.45, 7) is 0.661. The van der Waals surface area contributed by atoms with Gasteiger partial charge in [-0.25, -0.2) is 10.4 Å². The van der Waals surface area contributed by atoms with Crippen molar-refractivity contribution in [1.29, 1.82) is 0 Å². The maximum Gasteiger partial charge on any atom is 0.250 e. The van der Waals surface area contributed by atoms with E-state index in [4.69, 9.17) is 0 Å². The number of phenolic OH excluding ortho intramolecular Hbond substituents is 2. The summed E-state index contributed by atoms with van der Waals surface area (Å²) in [4.78, 5) is 16.9. The highest BCUT2D eigenvalue weighted by Crippen LogP contribution is 2.25. The number of imidazole rings is 1. The molecule has 0 aliphatic rings. The van der Waals surface area contributed by atoms with Gasteiger partial charge in [-0.2, -0.15) is 5.10 Å². The van der Waals surface area contributed by atoms with Crippen molar-refractivity contribution in [2.75, 3.05) is 5.75 Å². The lowest BCUT2D eigenvalue weighted by molar-refractivity contribution is -0.118.